The van der Waals surface area contributed by atoms with Crippen LogP contribution in [0.25, 0.3) is 0 Å². The summed E-state index contributed by atoms with van der Waals surface area (Å²) in [5.41, 5.74) is 5.77. The molecule has 7 nitrogen and oxygen atoms in total. The number of hydrogen-bond acceptors (Lipinski definition) is 6. The van der Waals surface area contributed by atoms with Crippen LogP contribution in [0.5, 0.6) is 5.75 Å². The minimum Gasteiger partial charge on any atom is -0.467 e. The van der Waals surface area contributed by atoms with E-state index in [1.54, 1.807) is 31.2 Å². The highest BCUT2D eigenvalue weighted by atomic mass is 16.6. The molecule has 0 radical (unpaired) electrons. The predicted octanol–water partition coefficient (Wildman–Crippen LogP) is 1.16. The van der Waals surface area contributed by atoms with Crippen LogP contribution in [0.4, 0.5) is 4.79 Å². The van der Waals surface area contributed by atoms with Gasteiger partial charge in [0.1, 0.15) is 11.6 Å². The van der Waals surface area contributed by atoms with Gasteiger partial charge in [-0.25, -0.2) is 9.69 Å². The third-order valence-corrected chi connectivity index (χ3v) is 2.44. The average molecular weight is 262 g/mol. The minimum atomic E-state index is -0.913. The molecule has 1 aliphatic rings. The number of benzene rings is 1. The minimum absolute atomic E-state index is 0.133. The summed E-state index contributed by atoms with van der Waals surface area (Å²) in [6, 6.07) is 8.83. The monoisotopic (exact) mass is 262 g/mol. The van der Waals surface area contributed by atoms with Gasteiger partial charge < -0.3 is 9.47 Å². The molecule has 19 heavy (non-hydrogen) atoms. The summed E-state index contributed by atoms with van der Waals surface area (Å²) in [6.45, 7) is 1.62. The van der Waals surface area contributed by atoms with E-state index >= 15 is 0 Å². The van der Waals surface area contributed by atoms with Gasteiger partial charge >= 0.3 is 12.1 Å². The number of nitrogens with zero attached hydrogens (tertiary/aromatic N) is 3. The molecule has 1 unspecified atom stereocenters. The summed E-state index contributed by atoms with van der Waals surface area (Å²) >= 11 is 0. The molecular weight excluding hydrogens is 248 g/mol. The quantitative estimate of drug-likeness (QED) is 0.822. The molecule has 100 valence electrons. The van der Waals surface area contributed by atoms with Gasteiger partial charge in [-0.1, -0.05) is 18.2 Å². The maximum Gasteiger partial charge on any atom is 0.423 e. The number of carbonyl (C=O) groups excluding carboxylic acids is 1. The molecular formula is C12H14N4O3. The van der Waals surface area contributed by atoms with Crippen LogP contribution in [-0.4, -0.2) is 36.2 Å². The van der Waals surface area contributed by atoms with Crippen LogP contribution in [0, 0.1) is 0 Å². The van der Waals surface area contributed by atoms with Gasteiger partial charge in [-0.2, -0.15) is 9.98 Å². The Morgan fingerprint density at radius 2 is 2.05 bits per heavy atom. The van der Waals surface area contributed by atoms with Crippen LogP contribution in [-0.2, 0) is 4.74 Å². The highest BCUT2D eigenvalue weighted by Gasteiger charge is 2.29. The topological polar surface area (TPSA) is 89.5 Å². The number of para-hydroxylation sites is 1. The summed E-state index contributed by atoms with van der Waals surface area (Å²) < 4.78 is 10.1. The lowest BCUT2D eigenvalue weighted by Crippen LogP contribution is -2.51. The van der Waals surface area contributed by atoms with Crippen molar-refractivity contribution in [2.45, 2.75) is 13.2 Å². The van der Waals surface area contributed by atoms with Crippen LogP contribution >= 0.6 is 0 Å². The second kappa shape index (κ2) is 5.49. The summed E-state index contributed by atoms with van der Waals surface area (Å²) in [7, 11) is 1.43. The zero-order valence-electron chi connectivity index (χ0n) is 10.6. The normalized spacial score (nSPS) is 18.5. The van der Waals surface area contributed by atoms with Gasteiger partial charge in [0.05, 0.1) is 7.11 Å². The van der Waals surface area contributed by atoms with E-state index in [4.69, 9.17) is 15.2 Å². The van der Waals surface area contributed by atoms with Crippen molar-refractivity contribution in [3.8, 4) is 5.75 Å². The van der Waals surface area contributed by atoms with Crippen molar-refractivity contribution in [2.75, 3.05) is 7.11 Å². The van der Waals surface area contributed by atoms with Crippen molar-refractivity contribution in [3.05, 3.63) is 30.3 Å². The van der Waals surface area contributed by atoms with Crippen LogP contribution < -0.4 is 10.5 Å². The van der Waals surface area contributed by atoms with Crippen molar-refractivity contribution < 1.29 is 14.3 Å². The number of carbonyl (C=O) groups is 1. The molecule has 2 rings (SSSR count). The van der Waals surface area contributed by atoms with Crippen LogP contribution in [0.15, 0.2) is 40.3 Å². The molecule has 1 heterocycles. The summed E-state index contributed by atoms with van der Waals surface area (Å²) in [5, 5.41) is 0. The maximum atomic E-state index is 12.0. The van der Waals surface area contributed by atoms with Crippen LogP contribution in [0.3, 0.4) is 0 Å². The Bertz CT molecular complexity index is 527. The van der Waals surface area contributed by atoms with E-state index in [0.717, 1.165) is 4.90 Å². The predicted molar refractivity (Wildman–Crippen MR) is 69.8 cm³/mol. The molecule has 0 saturated heterocycles. The highest BCUT2D eigenvalue weighted by molar-refractivity contribution is 6.02. The van der Waals surface area contributed by atoms with Gasteiger partial charge in [-0.05, 0) is 19.1 Å². The lowest BCUT2D eigenvalue weighted by Gasteiger charge is -2.27. The molecule has 0 spiro atoms. The average Bonchev–Trinajstić information content (AvgIpc) is 2.38. The first-order valence-electron chi connectivity index (χ1n) is 5.60. The second-order valence-electron chi connectivity index (χ2n) is 3.74. The van der Waals surface area contributed by atoms with E-state index in [1.165, 1.54) is 7.11 Å². The molecule has 7 heteroatoms. The summed E-state index contributed by atoms with van der Waals surface area (Å²) in [5.74, 6) is 0.786. The van der Waals surface area contributed by atoms with Gasteiger partial charge in [-0.15, -0.1) is 0 Å². The van der Waals surface area contributed by atoms with Gasteiger partial charge in [0.25, 0.3) is 0 Å². The Kier molecular flexibility index (Phi) is 3.76. The maximum absolute atomic E-state index is 12.0. The lowest BCUT2D eigenvalue weighted by molar-refractivity contribution is 0.163. The fraction of sp³-hybridized carbons (Fsp3) is 0.250. The van der Waals surface area contributed by atoms with Crippen molar-refractivity contribution in [2.24, 2.45) is 15.7 Å². The van der Waals surface area contributed by atoms with Gasteiger partial charge in [0, 0.05) is 0 Å². The molecule has 0 aliphatic carbocycles. The van der Waals surface area contributed by atoms with E-state index in [1.807, 2.05) is 6.07 Å². The first-order chi connectivity index (χ1) is 9.11. The number of amides is 1. The summed E-state index contributed by atoms with van der Waals surface area (Å²) in [4.78, 5) is 21.1. The summed E-state index contributed by atoms with van der Waals surface area (Å²) in [6.07, 6.45) is -1.55. The zero-order chi connectivity index (χ0) is 13.8. The van der Waals surface area contributed by atoms with Crippen molar-refractivity contribution in [1.82, 2.24) is 4.90 Å². The molecule has 2 N–H and O–H groups in total. The lowest BCUT2D eigenvalue weighted by atomic mass is 10.3. The number of rotatable bonds is 1. The number of aliphatic imine (C=N–C) groups is 2. The van der Waals surface area contributed by atoms with Crippen molar-refractivity contribution in [3.63, 3.8) is 0 Å². The van der Waals surface area contributed by atoms with E-state index < -0.39 is 12.4 Å². The van der Waals surface area contributed by atoms with Crippen molar-refractivity contribution in [1.29, 1.82) is 0 Å². The Balaban J connectivity index is 2.12. The highest BCUT2D eigenvalue weighted by Crippen LogP contribution is 2.13. The van der Waals surface area contributed by atoms with Gasteiger partial charge in [0.15, 0.2) is 6.29 Å². The number of ether oxygens (including phenoxy) is 2. The molecule has 1 aromatic rings. The fourth-order valence-corrected chi connectivity index (χ4v) is 1.56. The van der Waals surface area contributed by atoms with E-state index in [0.29, 0.717) is 11.6 Å². The first-order valence-corrected chi connectivity index (χ1v) is 5.60. The molecule has 1 amide bonds. The van der Waals surface area contributed by atoms with Crippen molar-refractivity contribution >= 4 is 18.0 Å². The molecule has 1 aromatic carbocycles. The number of nitrogens with two attached hydrogens (primary N) is 1. The Labute approximate surface area is 110 Å². The Morgan fingerprint density at radius 3 is 2.63 bits per heavy atom. The number of methoxy groups -OCH3 is 1. The molecule has 0 aromatic heterocycles. The zero-order valence-corrected chi connectivity index (χ0v) is 10.6. The molecule has 0 fully saturated rings. The van der Waals surface area contributed by atoms with E-state index in [2.05, 4.69) is 9.98 Å². The Morgan fingerprint density at radius 1 is 1.37 bits per heavy atom. The molecule has 1 atom stereocenters. The van der Waals surface area contributed by atoms with Crippen LogP contribution in [0.2, 0.25) is 0 Å². The Hall–Kier alpha value is -2.41. The van der Waals surface area contributed by atoms with Gasteiger partial charge in [-0.3, -0.25) is 5.73 Å². The largest absolute Gasteiger partial charge is 0.467 e. The number of amidine groups is 2. The molecule has 1 aliphatic heterocycles. The van der Waals surface area contributed by atoms with Gasteiger partial charge in [0.2, 0.25) is 0 Å². The SMILES string of the molecule is COC1=NC(N)N(C(=O)Oc2ccccc2)C(C)=N1. The number of hydrogen-bond donors (Lipinski definition) is 1. The van der Waals surface area contributed by atoms with E-state index in [9.17, 15) is 4.79 Å². The molecule has 0 bridgehead atoms. The second-order valence-corrected chi connectivity index (χ2v) is 3.74. The third-order valence-electron chi connectivity index (χ3n) is 2.44. The molecule has 0 saturated carbocycles. The fourth-order valence-electron chi connectivity index (χ4n) is 1.56. The smallest absolute Gasteiger partial charge is 0.423 e. The third kappa shape index (κ3) is 2.89. The van der Waals surface area contributed by atoms with E-state index in [-0.39, 0.29) is 6.02 Å². The first kappa shape index (κ1) is 13.0. The van der Waals surface area contributed by atoms with Crippen LogP contribution in [0.1, 0.15) is 6.92 Å². The standard InChI is InChI=1S/C12H14N4O3/c1-8-14-11(18-2)15-10(13)16(8)12(17)19-9-6-4-3-5-7-9/h3-7,10H,13H2,1-2H3.